The third-order valence-corrected chi connectivity index (χ3v) is 3.71. The number of aromatic nitrogens is 2. The zero-order valence-electron chi connectivity index (χ0n) is 12.1. The summed E-state index contributed by atoms with van der Waals surface area (Å²) in [4.78, 5) is 11.1. The SMILES string of the molecule is CCOCc1nc(N)cc(N2CCC(C(C)C)C2)n1. The van der Waals surface area contributed by atoms with Gasteiger partial charge in [-0.2, -0.15) is 0 Å². The third kappa shape index (κ3) is 3.56. The Labute approximate surface area is 115 Å². The first-order valence-electron chi connectivity index (χ1n) is 7.06. The molecule has 2 heterocycles. The fraction of sp³-hybridized carbons (Fsp3) is 0.714. The van der Waals surface area contributed by atoms with Crippen molar-refractivity contribution in [1.29, 1.82) is 0 Å². The molecule has 0 aliphatic carbocycles. The summed E-state index contributed by atoms with van der Waals surface area (Å²) in [5, 5.41) is 0. The van der Waals surface area contributed by atoms with E-state index in [0.717, 1.165) is 24.8 Å². The number of rotatable bonds is 5. The van der Waals surface area contributed by atoms with Crippen molar-refractivity contribution in [2.24, 2.45) is 11.8 Å². The van der Waals surface area contributed by atoms with E-state index in [1.807, 2.05) is 13.0 Å². The molecular formula is C14H24N4O. The summed E-state index contributed by atoms with van der Waals surface area (Å²) in [6.07, 6.45) is 1.22. The molecule has 1 atom stereocenters. The second-order valence-electron chi connectivity index (χ2n) is 5.44. The van der Waals surface area contributed by atoms with Crippen molar-refractivity contribution in [3.05, 3.63) is 11.9 Å². The Kier molecular flexibility index (Phi) is 4.58. The quantitative estimate of drug-likeness (QED) is 0.882. The van der Waals surface area contributed by atoms with Crippen LogP contribution in [0.4, 0.5) is 11.6 Å². The van der Waals surface area contributed by atoms with Gasteiger partial charge in [0.15, 0.2) is 5.82 Å². The van der Waals surface area contributed by atoms with E-state index in [4.69, 9.17) is 10.5 Å². The van der Waals surface area contributed by atoms with Crippen LogP contribution in [-0.4, -0.2) is 29.7 Å². The number of anilines is 2. The van der Waals surface area contributed by atoms with Crippen molar-refractivity contribution in [1.82, 2.24) is 9.97 Å². The van der Waals surface area contributed by atoms with E-state index < -0.39 is 0 Å². The molecular weight excluding hydrogens is 240 g/mol. The van der Waals surface area contributed by atoms with Crippen LogP contribution < -0.4 is 10.6 Å². The van der Waals surface area contributed by atoms with E-state index in [0.29, 0.717) is 30.8 Å². The van der Waals surface area contributed by atoms with E-state index in [1.165, 1.54) is 6.42 Å². The summed E-state index contributed by atoms with van der Waals surface area (Å²) >= 11 is 0. The molecule has 0 aromatic carbocycles. The van der Waals surface area contributed by atoms with Crippen molar-refractivity contribution in [3.63, 3.8) is 0 Å². The van der Waals surface area contributed by atoms with Gasteiger partial charge in [0, 0.05) is 25.8 Å². The van der Waals surface area contributed by atoms with Crippen LogP contribution >= 0.6 is 0 Å². The van der Waals surface area contributed by atoms with Crippen molar-refractivity contribution < 1.29 is 4.74 Å². The van der Waals surface area contributed by atoms with Crippen molar-refractivity contribution in [2.45, 2.75) is 33.8 Å². The van der Waals surface area contributed by atoms with Gasteiger partial charge in [-0.05, 0) is 25.2 Å². The van der Waals surface area contributed by atoms with Crippen molar-refractivity contribution in [2.75, 3.05) is 30.3 Å². The first-order chi connectivity index (χ1) is 9.10. The average Bonchev–Trinajstić information content (AvgIpc) is 2.85. The molecule has 1 saturated heterocycles. The molecule has 1 unspecified atom stereocenters. The van der Waals surface area contributed by atoms with Crippen LogP contribution in [0.1, 0.15) is 33.0 Å². The standard InChI is InChI=1S/C14H24N4O/c1-4-19-9-13-16-12(15)7-14(17-13)18-6-5-11(8-18)10(2)3/h7,10-11H,4-6,8-9H2,1-3H3,(H2,15,16,17). The molecule has 1 aliphatic rings. The molecule has 0 bridgehead atoms. The molecule has 1 aliphatic heterocycles. The van der Waals surface area contributed by atoms with Crippen LogP contribution in [0.25, 0.3) is 0 Å². The molecule has 19 heavy (non-hydrogen) atoms. The lowest BCUT2D eigenvalue weighted by molar-refractivity contribution is 0.128. The van der Waals surface area contributed by atoms with Crippen LogP contribution in [0.15, 0.2) is 6.07 Å². The fourth-order valence-electron chi connectivity index (χ4n) is 2.46. The highest BCUT2D eigenvalue weighted by molar-refractivity contribution is 5.47. The maximum Gasteiger partial charge on any atom is 0.158 e. The smallest absolute Gasteiger partial charge is 0.158 e. The van der Waals surface area contributed by atoms with Crippen LogP contribution in [0.5, 0.6) is 0 Å². The lowest BCUT2D eigenvalue weighted by Crippen LogP contribution is -2.23. The van der Waals surface area contributed by atoms with E-state index in [-0.39, 0.29) is 0 Å². The first-order valence-corrected chi connectivity index (χ1v) is 7.06. The molecule has 0 amide bonds. The topological polar surface area (TPSA) is 64.3 Å². The van der Waals surface area contributed by atoms with Crippen LogP contribution in [0.3, 0.4) is 0 Å². The lowest BCUT2D eigenvalue weighted by Gasteiger charge is -2.19. The minimum Gasteiger partial charge on any atom is -0.384 e. The molecule has 1 aromatic heterocycles. The number of nitrogens with two attached hydrogens (primary N) is 1. The highest BCUT2D eigenvalue weighted by atomic mass is 16.5. The first kappa shape index (κ1) is 14.1. The predicted octanol–water partition coefficient (Wildman–Crippen LogP) is 2.08. The Bertz CT molecular complexity index is 422. The van der Waals surface area contributed by atoms with Gasteiger partial charge in [0.1, 0.15) is 18.2 Å². The molecule has 0 saturated carbocycles. The minimum absolute atomic E-state index is 0.427. The molecule has 2 rings (SSSR count). The number of hydrogen-bond acceptors (Lipinski definition) is 5. The summed E-state index contributed by atoms with van der Waals surface area (Å²) in [5.74, 6) is 3.58. The van der Waals surface area contributed by atoms with E-state index in [2.05, 4.69) is 28.7 Å². The molecule has 2 N–H and O–H groups in total. The Hall–Kier alpha value is -1.36. The predicted molar refractivity (Wildman–Crippen MR) is 76.9 cm³/mol. The number of ether oxygens (including phenoxy) is 1. The Morgan fingerprint density at radius 3 is 2.89 bits per heavy atom. The van der Waals surface area contributed by atoms with Crippen LogP contribution in [0, 0.1) is 11.8 Å². The molecule has 5 heteroatoms. The molecule has 5 nitrogen and oxygen atoms in total. The van der Waals surface area contributed by atoms with Gasteiger partial charge < -0.3 is 15.4 Å². The Balaban J connectivity index is 2.09. The second kappa shape index (κ2) is 6.19. The van der Waals surface area contributed by atoms with Gasteiger partial charge in [-0.25, -0.2) is 9.97 Å². The molecule has 0 spiro atoms. The normalized spacial score (nSPS) is 19.4. The zero-order valence-corrected chi connectivity index (χ0v) is 12.1. The Morgan fingerprint density at radius 2 is 2.26 bits per heavy atom. The molecule has 0 radical (unpaired) electrons. The van der Waals surface area contributed by atoms with Crippen LogP contribution in [-0.2, 0) is 11.3 Å². The molecule has 1 fully saturated rings. The summed E-state index contributed by atoms with van der Waals surface area (Å²) < 4.78 is 5.35. The van der Waals surface area contributed by atoms with E-state index in [9.17, 15) is 0 Å². The highest BCUT2D eigenvalue weighted by Gasteiger charge is 2.26. The third-order valence-electron chi connectivity index (χ3n) is 3.71. The van der Waals surface area contributed by atoms with Gasteiger partial charge in [0.05, 0.1) is 0 Å². The Morgan fingerprint density at radius 1 is 1.47 bits per heavy atom. The largest absolute Gasteiger partial charge is 0.384 e. The van der Waals surface area contributed by atoms with Gasteiger partial charge in [0.2, 0.25) is 0 Å². The maximum absolute atomic E-state index is 5.86. The maximum atomic E-state index is 5.86. The summed E-state index contributed by atoms with van der Waals surface area (Å²) in [5.41, 5.74) is 5.86. The summed E-state index contributed by atoms with van der Waals surface area (Å²) in [7, 11) is 0. The monoisotopic (exact) mass is 264 g/mol. The second-order valence-corrected chi connectivity index (χ2v) is 5.44. The fourth-order valence-corrected chi connectivity index (χ4v) is 2.46. The van der Waals surface area contributed by atoms with Gasteiger partial charge >= 0.3 is 0 Å². The van der Waals surface area contributed by atoms with Gasteiger partial charge in [0.25, 0.3) is 0 Å². The number of nitrogen functional groups attached to an aromatic ring is 1. The number of nitrogens with zero attached hydrogens (tertiary/aromatic N) is 3. The number of hydrogen-bond donors (Lipinski definition) is 1. The van der Waals surface area contributed by atoms with Crippen molar-refractivity contribution in [3.8, 4) is 0 Å². The lowest BCUT2D eigenvalue weighted by atomic mass is 9.95. The van der Waals surface area contributed by atoms with Gasteiger partial charge in [-0.15, -0.1) is 0 Å². The molecule has 106 valence electrons. The van der Waals surface area contributed by atoms with Gasteiger partial charge in [-0.3, -0.25) is 0 Å². The minimum atomic E-state index is 0.427. The van der Waals surface area contributed by atoms with Crippen LogP contribution in [0.2, 0.25) is 0 Å². The summed E-state index contributed by atoms with van der Waals surface area (Å²) in [6, 6.07) is 1.86. The average molecular weight is 264 g/mol. The van der Waals surface area contributed by atoms with Gasteiger partial charge in [-0.1, -0.05) is 13.8 Å². The highest BCUT2D eigenvalue weighted by Crippen LogP contribution is 2.27. The molecule has 1 aromatic rings. The van der Waals surface area contributed by atoms with E-state index >= 15 is 0 Å². The zero-order chi connectivity index (χ0) is 13.8. The summed E-state index contributed by atoms with van der Waals surface area (Å²) in [6.45, 7) is 9.71. The van der Waals surface area contributed by atoms with E-state index in [1.54, 1.807) is 0 Å². The van der Waals surface area contributed by atoms with Crippen molar-refractivity contribution >= 4 is 11.6 Å².